The highest BCUT2D eigenvalue weighted by atomic mass is 19.4. The predicted octanol–water partition coefficient (Wildman–Crippen LogP) is 0.967. The van der Waals surface area contributed by atoms with Gasteiger partial charge in [0.2, 0.25) is 0 Å². The van der Waals surface area contributed by atoms with Crippen LogP contribution in [0.5, 0.6) is 0 Å². The van der Waals surface area contributed by atoms with Gasteiger partial charge in [0.15, 0.2) is 0 Å². The molecule has 0 aliphatic rings. The van der Waals surface area contributed by atoms with E-state index in [1.165, 1.54) is 17.9 Å². The number of halogens is 3. The molecule has 78 valence electrons. The topological polar surface area (TPSA) is 50.9 Å². The second-order valence-electron chi connectivity index (χ2n) is 2.74. The van der Waals surface area contributed by atoms with Gasteiger partial charge in [0.05, 0.1) is 11.8 Å². The molecular formula is C7H8F3N3O. The van der Waals surface area contributed by atoms with Crippen LogP contribution in [-0.2, 0) is 7.05 Å². The molecule has 0 spiro atoms. The maximum atomic E-state index is 12.1. The number of alkyl halides is 3. The highest BCUT2D eigenvalue weighted by Gasteiger charge is 2.37. The van der Waals surface area contributed by atoms with E-state index in [2.05, 4.69) is 16.9 Å². The molecular weight excluding hydrogens is 199 g/mol. The molecule has 7 heteroatoms. The third-order valence-electron chi connectivity index (χ3n) is 1.59. The van der Waals surface area contributed by atoms with Gasteiger partial charge in [-0.05, 0) is 0 Å². The van der Waals surface area contributed by atoms with Crippen LogP contribution >= 0.6 is 0 Å². The molecule has 0 radical (unpaired) electrons. The van der Waals surface area contributed by atoms with Crippen molar-refractivity contribution in [2.45, 2.75) is 12.3 Å². The van der Waals surface area contributed by atoms with E-state index in [1.54, 1.807) is 0 Å². The second kappa shape index (κ2) is 3.41. The van der Waals surface area contributed by atoms with E-state index < -0.39 is 17.9 Å². The second-order valence-corrected chi connectivity index (χ2v) is 2.74. The summed E-state index contributed by atoms with van der Waals surface area (Å²) in [7, 11) is 1.49. The van der Waals surface area contributed by atoms with Crippen molar-refractivity contribution >= 4 is 0 Å². The molecule has 1 unspecified atom stereocenters. The Bertz CT molecular complexity index is 344. The van der Waals surface area contributed by atoms with Gasteiger partial charge in [-0.3, -0.25) is 4.68 Å². The molecule has 0 amide bonds. The first-order valence-electron chi connectivity index (χ1n) is 3.62. The number of hydrogen-bond donors (Lipinski definition) is 1. The molecule has 4 nitrogen and oxygen atoms in total. The van der Waals surface area contributed by atoms with Crippen LogP contribution in [0.15, 0.2) is 18.3 Å². The summed E-state index contributed by atoms with van der Waals surface area (Å²) in [5.41, 5.74) is -1.42. The molecule has 1 rings (SSSR count). The lowest BCUT2D eigenvalue weighted by Gasteiger charge is -2.13. The first-order chi connectivity index (χ1) is 6.32. The van der Waals surface area contributed by atoms with Gasteiger partial charge >= 0.3 is 6.18 Å². The lowest BCUT2D eigenvalue weighted by Crippen LogP contribution is -2.17. The summed E-state index contributed by atoms with van der Waals surface area (Å²) >= 11 is 0. The quantitative estimate of drug-likeness (QED) is 0.735. The largest absolute Gasteiger partial charge is 0.414 e. The average Bonchev–Trinajstić information content (AvgIpc) is 2.47. The molecule has 0 bridgehead atoms. The zero-order valence-electron chi connectivity index (χ0n) is 7.28. The Hall–Kier alpha value is -1.37. The van der Waals surface area contributed by atoms with Crippen molar-refractivity contribution in [3.8, 4) is 0 Å². The lowest BCUT2D eigenvalue weighted by atomic mass is 10.1. The molecule has 1 atom stereocenters. The number of aromatic nitrogens is 3. The average molecular weight is 207 g/mol. The molecule has 1 aromatic heterocycles. The van der Waals surface area contributed by atoms with Gasteiger partial charge < -0.3 is 5.11 Å². The van der Waals surface area contributed by atoms with Crippen LogP contribution in [0.4, 0.5) is 13.2 Å². The molecule has 0 saturated heterocycles. The third-order valence-corrected chi connectivity index (χ3v) is 1.59. The first kappa shape index (κ1) is 10.7. The van der Waals surface area contributed by atoms with E-state index in [0.29, 0.717) is 0 Å². The molecule has 0 aliphatic carbocycles. The minimum atomic E-state index is -4.63. The Morgan fingerprint density at radius 3 is 2.57 bits per heavy atom. The van der Waals surface area contributed by atoms with Gasteiger partial charge in [-0.2, -0.15) is 13.2 Å². The van der Waals surface area contributed by atoms with Crippen LogP contribution < -0.4 is 0 Å². The van der Waals surface area contributed by atoms with Crippen LogP contribution in [0.2, 0.25) is 0 Å². The van der Waals surface area contributed by atoms with Crippen molar-refractivity contribution in [3.05, 3.63) is 24.0 Å². The van der Waals surface area contributed by atoms with Crippen molar-refractivity contribution in [1.29, 1.82) is 0 Å². The number of aliphatic hydroxyl groups excluding tert-OH is 1. The van der Waals surface area contributed by atoms with Crippen LogP contribution in [0.1, 0.15) is 11.8 Å². The molecule has 0 aromatic carbocycles. The Morgan fingerprint density at radius 1 is 1.64 bits per heavy atom. The molecule has 0 fully saturated rings. The zero-order chi connectivity index (χ0) is 10.9. The number of nitrogens with zero attached hydrogens (tertiary/aromatic N) is 3. The maximum Gasteiger partial charge on any atom is 0.414 e. The lowest BCUT2D eigenvalue weighted by molar-refractivity contribution is -0.105. The van der Waals surface area contributed by atoms with E-state index in [0.717, 1.165) is 0 Å². The van der Waals surface area contributed by atoms with Crippen molar-refractivity contribution in [2.24, 2.45) is 7.05 Å². The Balaban J connectivity index is 2.86. The standard InChI is InChI=1S/C7H8F3N3O/c1-4(7(8,9)10)6(14)5-3-13(2)12-11-5/h3,6,14H,1H2,2H3. The molecule has 0 aliphatic heterocycles. The van der Waals surface area contributed by atoms with Gasteiger partial charge in [0.1, 0.15) is 11.8 Å². The molecule has 1 heterocycles. The third kappa shape index (κ3) is 2.11. The minimum Gasteiger partial charge on any atom is -0.382 e. The molecule has 1 aromatic rings. The SMILES string of the molecule is C=C(C(O)c1cn(C)nn1)C(F)(F)F. The summed E-state index contributed by atoms with van der Waals surface area (Å²) in [6.45, 7) is 2.76. The minimum absolute atomic E-state index is 0.171. The van der Waals surface area contributed by atoms with Crippen LogP contribution in [0.3, 0.4) is 0 Å². The number of rotatable bonds is 2. The monoisotopic (exact) mass is 207 g/mol. The zero-order valence-corrected chi connectivity index (χ0v) is 7.28. The summed E-state index contributed by atoms with van der Waals surface area (Å²) in [6, 6.07) is 0. The van der Waals surface area contributed by atoms with E-state index in [-0.39, 0.29) is 5.69 Å². The smallest absolute Gasteiger partial charge is 0.382 e. The highest BCUT2D eigenvalue weighted by Crippen LogP contribution is 2.32. The van der Waals surface area contributed by atoms with E-state index in [9.17, 15) is 18.3 Å². The molecule has 14 heavy (non-hydrogen) atoms. The van der Waals surface area contributed by atoms with Crippen LogP contribution in [0, 0.1) is 0 Å². The number of aliphatic hydroxyl groups is 1. The number of aryl methyl sites for hydroxylation is 1. The Morgan fingerprint density at radius 2 is 2.21 bits per heavy atom. The van der Waals surface area contributed by atoms with E-state index in [1.807, 2.05) is 0 Å². The fourth-order valence-corrected chi connectivity index (χ4v) is 0.824. The van der Waals surface area contributed by atoms with Gasteiger partial charge in [-0.15, -0.1) is 5.10 Å². The van der Waals surface area contributed by atoms with E-state index in [4.69, 9.17) is 0 Å². The van der Waals surface area contributed by atoms with Gasteiger partial charge in [0.25, 0.3) is 0 Å². The van der Waals surface area contributed by atoms with Crippen LogP contribution in [0.25, 0.3) is 0 Å². The van der Waals surface area contributed by atoms with Crippen molar-refractivity contribution in [2.75, 3.05) is 0 Å². The van der Waals surface area contributed by atoms with Crippen molar-refractivity contribution < 1.29 is 18.3 Å². The van der Waals surface area contributed by atoms with Crippen LogP contribution in [-0.4, -0.2) is 26.3 Å². The maximum absolute atomic E-state index is 12.1. The summed E-state index contributed by atoms with van der Waals surface area (Å²) in [5, 5.41) is 16.0. The number of hydrogen-bond acceptors (Lipinski definition) is 3. The van der Waals surface area contributed by atoms with Gasteiger partial charge in [-0.25, -0.2) is 0 Å². The van der Waals surface area contributed by atoms with E-state index >= 15 is 0 Å². The fourth-order valence-electron chi connectivity index (χ4n) is 0.824. The first-order valence-corrected chi connectivity index (χ1v) is 3.62. The predicted molar refractivity (Wildman–Crippen MR) is 41.2 cm³/mol. The summed E-state index contributed by atoms with van der Waals surface area (Å²) < 4.78 is 37.4. The normalized spacial score (nSPS) is 14.1. The fraction of sp³-hybridized carbons (Fsp3) is 0.429. The van der Waals surface area contributed by atoms with Gasteiger partial charge in [0, 0.05) is 7.05 Å². The highest BCUT2D eigenvalue weighted by molar-refractivity contribution is 5.17. The summed E-state index contributed by atoms with van der Waals surface area (Å²) in [5.74, 6) is 0. The molecule has 0 saturated carbocycles. The van der Waals surface area contributed by atoms with Crippen molar-refractivity contribution in [1.82, 2.24) is 15.0 Å². The van der Waals surface area contributed by atoms with Crippen molar-refractivity contribution in [3.63, 3.8) is 0 Å². The Kier molecular flexibility index (Phi) is 2.61. The van der Waals surface area contributed by atoms with Gasteiger partial charge in [-0.1, -0.05) is 11.8 Å². The summed E-state index contributed by atoms with van der Waals surface area (Å²) in [4.78, 5) is 0. The molecule has 1 N–H and O–H groups in total. The summed E-state index contributed by atoms with van der Waals surface area (Å²) in [6.07, 6.45) is -5.29. The Labute approximate surface area is 77.7 Å².